The molecule has 0 bridgehead atoms. The van der Waals surface area contributed by atoms with E-state index in [0.717, 1.165) is 29.8 Å². The lowest BCUT2D eigenvalue weighted by atomic mass is 9.97. The predicted molar refractivity (Wildman–Crippen MR) is 123 cm³/mol. The summed E-state index contributed by atoms with van der Waals surface area (Å²) in [5.74, 6) is -1.12. The molecule has 186 valence electrons. The average molecular weight is 513 g/mol. The molecule has 0 fully saturated rings. The van der Waals surface area contributed by atoms with E-state index >= 15 is 0 Å². The van der Waals surface area contributed by atoms with Gasteiger partial charge < -0.3 is 15.2 Å². The Labute approximate surface area is 203 Å². The first-order valence-corrected chi connectivity index (χ1v) is 10.8. The fourth-order valence-electron chi connectivity index (χ4n) is 3.36. The average Bonchev–Trinajstić information content (AvgIpc) is 2.80. The van der Waals surface area contributed by atoms with Crippen LogP contribution in [0.15, 0.2) is 60.7 Å². The fraction of sp³-hybridized carbons (Fsp3) is 0.250. The summed E-state index contributed by atoms with van der Waals surface area (Å²) >= 11 is 6.28. The Morgan fingerprint density at radius 3 is 2.49 bits per heavy atom. The van der Waals surface area contributed by atoms with Gasteiger partial charge in [-0.15, -0.1) is 0 Å². The third-order valence-electron chi connectivity index (χ3n) is 5.08. The summed E-state index contributed by atoms with van der Waals surface area (Å²) in [6.07, 6.45) is -4.99. The minimum absolute atomic E-state index is 0.00209. The Bertz CT molecular complexity index is 1190. The second-order valence-electron chi connectivity index (χ2n) is 7.65. The maximum atomic E-state index is 13.8. The van der Waals surface area contributed by atoms with Crippen LogP contribution in [0, 0.1) is 15.9 Å². The van der Waals surface area contributed by atoms with Crippen LogP contribution in [-0.4, -0.2) is 35.8 Å². The number of alkyl halides is 3. The molecule has 3 aromatic carbocycles. The molecule has 3 rings (SSSR count). The molecule has 0 saturated carbocycles. The third kappa shape index (κ3) is 7.14. The molecule has 0 amide bonds. The monoisotopic (exact) mass is 512 g/mol. The van der Waals surface area contributed by atoms with Crippen molar-refractivity contribution in [3.63, 3.8) is 0 Å². The first-order chi connectivity index (χ1) is 16.6. The number of nitro benzene ring substituents is 1. The number of nitro groups is 1. The molecule has 1 unspecified atom stereocenters. The van der Waals surface area contributed by atoms with E-state index in [2.05, 4.69) is 5.32 Å². The highest BCUT2D eigenvalue weighted by Gasteiger charge is 2.33. The van der Waals surface area contributed by atoms with E-state index in [1.165, 1.54) is 18.2 Å². The lowest BCUT2D eigenvalue weighted by molar-refractivity contribution is -0.385. The van der Waals surface area contributed by atoms with Gasteiger partial charge in [-0.2, -0.15) is 13.2 Å². The Morgan fingerprint density at radius 2 is 1.83 bits per heavy atom. The molecule has 2 N–H and O–H groups in total. The smallest absolute Gasteiger partial charge is 0.417 e. The molecule has 1 atom stereocenters. The molecule has 0 aromatic heterocycles. The maximum Gasteiger partial charge on any atom is 0.417 e. The van der Waals surface area contributed by atoms with Crippen LogP contribution in [0.2, 0.25) is 5.02 Å². The third-order valence-corrected chi connectivity index (χ3v) is 5.40. The zero-order valence-electron chi connectivity index (χ0n) is 18.2. The molecule has 3 aromatic rings. The Kier molecular flexibility index (Phi) is 8.66. The van der Waals surface area contributed by atoms with Crippen LogP contribution >= 0.6 is 11.6 Å². The largest absolute Gasteiger partial charge is 0.488 e. The molecule has 11 heteroatoms. The first kappa shape index (κ1) is 26.4. The van der Waals surface area contributed by atoms with Crippen LogP contribution in [-0.2, 0) is 12.6 Å². The van der Waals surface area contributed by atoms with Gasteiger partial charge >= 0.3 is 6.18 Å². The lowest BCUT2D eigenvalue weighted by Gasteiger charge is -2.15. The van der Waals surface area contributed by atoms with Crippen molar-refractivity contribution in [1.82, 2.24) is 5.32 Å². The highest BCUT2D eigenvalue weighted by atomic mass is 35.5. The number of non-ortho nitro benzene ring substituents is 1. The van der Waals surface area contributed by atoms with Crippen molar-refractivity contribution in [2.24, 2.45) is 0 Å². The standard InChI is InChI=1S/C24H21ClF4N2O4/c25-21-11-15(5-7-19(21)18-3-1-2-4-20(18)24(27,28)29)9-10-30-13-17(32)14-35-23-8-6-16(31(33)34)12-22(23)26/h1-8,11-12,17,30,32H,9-10,13-14H2. The molecule has 0 aliphatic heterocycles. The van der Waals surface area contributed by atoms with Gasteiger partial charge in [-0.05, 0) is 42.3 Å². The fourth-order valence-corrected chi connectivity index (χ4v) is 3.67. The second-order valence-corrected chi connectivity index (χ2v) is 8.06. The molecular formula is C24H21ClF4N2O4. The topological polar surface area (TPSA) is 84.6 Å². The van der Waals surface area contributed by atoms with Crippen LogP contribution in [0.4, 0.5) is 23.2 Å². The molecule has 0 aliphatic carbocycles. The van der Waals surface area contributed by atoms with Crippen molar-refractivity contribution in [1.29, 1.82) is 0 Å². The predicted octanol–water partition coefficient (Wildman–Crippen LogP) is 5.65. The maximum absolute atomic E-state index is 13.8. The van der Waals surface area contributed by atoms with Crippen molar-refractivity contribution < 1.29 is 32.3 Å². The Hall–Kier alpha value is -3.21. The summed E-state index contributed by atoms with van der Waals surface area (Å²) in [5, 5.41) is 23.8. The van der Waals surface area contributed by atoms with Crippen LogP contribution in [0.3, 0.4) is 0 Å². The Morgan fingerprint density at radius 1 is 1.09 bits per heavy atom. The van der Waals surface area contributed by atoms with Crippen molar-refractivity contribution in [2.75, 3.05) is 19.7 Å². The van der Waals surface area contributed by atoms with Crippen molar-refractivity contribution in [3.8, 4) is 16.9 Å². The minimum Gasteiger partial charge on any atom is -0.488 e. The second kappa shape index (κ2) is 11.5. The van der Waals surface area contributed by atoms with E-state index in [0.29, 0.717) is 13.0 Å². The highest BCUT2D eigenvalue weighted by molar-refractivity contribution is 6.33. The quantitative estimate of drug-likeness (QED) is 0.159. The minimum atomic E-state index is -4.50. The lowest BCUT2D eigenvalue weighted by Crippen LogP contribution is -2.32. The normalized spacial score (nSPS) is 12.4. The number of halogens is 5. The molecular weight excluding hydrogens is 492 g/mol. The number of benzene rings is 3. The summed E-state index contributed by atoms with van der Waals surface area (Å²) in [5.41, 5.74) is -0.102. The number of hydrogen-bond acceptors (Lipinski definition) is 5. The molecule has 6 nitrogen and oxygen atoms in total. The van der Waals surface area contributed by atoms with Crippen molar-refractivity contribution in [2.45, 2.75) is 18.7 Å². The molecule has 0 radical (unpaired) electrons. The van der Waals surface area contributed by atoms with Crippen LogP contribution < -0.4 is 10.1 Å². The van der Waals surface area contributed by atoms with Gasteiger partial charge in [0.2, 0.25) is 0 Å². The van der Waals surface area contributed by atoms with Gasteiger partial charge in [0.1, 0.15) is 12.7 Å². The van der Waals surface area contributed by atoms with E-state index in [4.69, 9.17) is 16.3 Å². The van der Waals surface area contributed by atoms with Gasteiger partial charge in [0.15, 0.2) is 11.6 Å². The van der Waals surface area contributed by atoms with E-state index in [9.17, 15) is 32.8 Å². The van der Waals surface area contributed by atoms with Crippen molar-refractivity contribution in [3.05, 3.63) is 92.7 Å². The van der Waals surface area contributed by atoms with Gasteiger partial charge in [0, 0.05) is 23.2 Å². The zero-order chi connectivity index (χ0) is 25.6. The zero-order valence-corrected chi connectivity index (χ0v) is 18.9. The number of rotatable bonds is 10. The Balaban J connectivity index is 1.49. The number of aliphatic hydroxyl groups is 1. The summed E-state index contributed by atoms with van der Waals surface area (Å²) in [4.78, 5) is 9.90. The molecule has 0 aliphatic rings. The summed E-state index contributed by atoms with van der Waals surface area (Å²) in [6, 6.07) is 13.0. The highest BCUT2D eigenvalue weighted by Crippen LogP contribution is 2.39. The number of nitrogens with one attached hydrogen (secondary N) is 1. The molecule has 35 heavy (non-hydrogen) atoms. The van der Waals surface area contributed by atoms with Crippen molar-refractivity contribution >= 4 is 17.3 Å². The number of hydrogen-bond donors (Lipinski definition) is 2. The van der Waals surface area contributed by atoms with Gasteiger partial charge in [0.25, 0.3) is 5.69 Å². The number of ether oxygens (including phenoxy) is 1. The van der Waals surface area contributed by atoms with E-state index in [-0.39, 0.29) is 35.1 Å². The number of aliphatic hydroxyl groups excluding tert-OH is 1. The summed E-state index contributed by atoms with van der Waals surface area (Å²) in [7, 11) is 0. The molecule has 0 heterocycles. The summed E-state index contributed by atoms with van der Waals surface area (Å²) < 4.78 is 58.9. The van der Waals surface area contributed by atoms with Gasteiger partial charge in [0.05, 0.1) is 16.6 Å². The SMILES string of the molecule is O=[N+]([O-])c1ccc(OCC(O)CNCCc2ccc(-c3ccccc3C(F)(F)F)c(Cl)c2)c(F)c1. The van der Waals surface area contributed by atoms with Crippen LogP contribution in [0.25, 0.3) is 11.1 Å². The molecule has 0 saturated heterocycles. The summed E-state index contributed by atoms with van der Waals surface area (Å²) in [6.45, 7) is 0.317. The molecule has 0 spiro atoms. The van der Waals surface area contributed by atoms with Gasteiger partial charge in [-0.25, -0.2) is 4.39 Å². The van der Waals surface area contributed by atoms with Crippen LogP contribution in [0.1, 0.15) is 11.1 Å². The van der Waals surface area contributed by atoms with E-state index in [1.807, 2.05) is 0 Å². The van der Waals surface area contributed by atoms with E-state index in [1.54, 1.807) is 18.2 Å². The first-order valence-electron chi connectivity index (χ1n) is 10.5. The van der Waals surface area contributed by atoms with Gasteiger partial charge in [-0.3, -0.25) is 10.1 Å². The van der Waals surface area contributed by atoms with Crippen LogP contribution in [0.5, 0.6) is 5.75 Å². The van der Waals surface area contributed by atoms with Gasteiger partial charge in [-0.1, -0.05) is 41.9 Å². The van der Waals surface area contributed by atoms with E-state index < -0.39 is 34.3 Å². The number of nitrogens with zero attached hydrogens (tertiary/aromatic N) is 1.